The van der Waals surface area contributed by atoms with Gasteiger partial charge in [-0.25, -0.2) is 4.98 Å². The molecule has 0 saturated heterocycles. The number of hydrogen-bond donors (Lipinski definition) is 1. The van der Waals surface area contributed by atoms with Crippen LogP contribution in [0.3, 0.4) is 0 Å². The highest BCUT2D eigenvalue weighted by Crippen LogP contribution is 2.27. The number of H-pyrrole nitrogens is 1. The number of aliphatic imine (C=N–C) groups is 1. The van der Waals surface area contributed by atoms with E-state index in [-0.39, 0.29) is 0 Å². The van der Waals surface area contributed by atoms with Gasteiger partial charge in [0.25, 0.3) is 0 Å². The van der Waals surface area contributed by atoms with Crippen molar-refractivity contribution in [3.8, 4) is 11.3 Å². The lowest BCUT2D eigenvalue weighted by Gasteiger charge is -2.06. The van der Waals surface area contributed by atoms with Gasteiger partial charge in [-0.1, -0.05) is 12.1 Å². The van der Waals surface area contributed by atoms with E-state index in [9.17, 15) is 0 Å². The third kappa shape index (κ3) is 1.50. The van der Waals surface area contributed by atoms with Crippen molar-refractivity contribution in [1.82, 2.24) is 15.2 Å². The van der Waals surface area contributed by atoms with E-state index < -0.39 is 0 Å². The van der Waals surface area contributed by atoms with Gasteiger partial charge in [-0.15, -0.1) is 0 Å². The number of hydrogen-bond acceptors (Lipinski definition) is 3. The minimum absolute atomic E-state index is 0.762. The van der Waals surface area contributed by atoms with Gasteiger partial charge in [-0.05, 0) is 30.2 Å². The second kappa shape index (κ2) is 3.75. The van der Waals surface area contributed by atoms with Crippen LogP contribution in [0.2, 0.25) is 0 Å². The summed E-state index contributed by atoms with van der Waals surface area (Å²) in [4.78, 5) is 9.06. The van der Waals surface area contributed by atoms with E-state index in [1.54, 1.807) is 0 Å². The van der Waals surface area contributed by atoms with Crippen molar-refractivity contribution in [3.05, 3.63) is 47.3 Å². The van der Waals surface area contributed by atoms with Crippen LogP contribution in [0.25, 0.3) is 22.2 Å². The number of fused-ring (bicyclic) bond motifs is 3. The summed E-state index contributed by atoms with van der Waals surface area (Å²) in [5.74, 6) is 0. The topological polar surface area (TPSA) is 53.9 Å². The molecule has 1 aliphatic rings. The van der Waals surface area contributed by atoms with Gasteiger partial charge in [0.15, 0.2) is 0 Å². The van der Waals surface area contributed by atoms with Crippen LogP contribution in [0.4, 0.5) is 0 Å². The maximum Gasteiger partial charge on any atom is 0.0743 e. The summed E-state index contributed by atoms with van der Waals surface area (Å²) in [5.41, 5.74) is 6.55. The van der Waals surface area contributed by atoms with Crippen molar-refractivity contribution in [2.75, 3.05) is 0 Å². The van der Waals surface area contributed by atoms with Crippen LogP contribution in [0.5, 0.6) is 0 Å². The summed E-state index contributed by atoms with van der Waals surface area (Å²) in [5, 5.41) is 8.19. The lowest BCUT2D eigenvalue weighted by Crippen LogP contribution is -1.91. The number of nitrogens with zero attached hydrogens (tertiary/aromatic N) is 3. The number of aryl methyl sites for hydroxylation is 1. The van der Waals surface area contributed by atoms with Crippen molar-refractivity contribution in [2.45, 2.75) is 13.5 Å². The maximum atomic E-state index is 4.74. The second-order valence-electron chi connectivity index (χ2n) is 4.77. The Balaban J connectivity index is 1.95. The van der Waals surface area contributed by atoms with E-state index in [0.717, 1.165) is 29.0 Å². The summed E-state index contributed by atoms with van der Waals surface area (Å²) in [6.45, 7) is 2.77. The molecule has 0 bridgehead atoms. The minimum Gasteiger partial charge on any atom is -0.288 e. The third-order valence-corrected chi connectivity index (χ3v) is 3.60. The molecule has 4 nitrogen and oxygen atoms in total. The number of benzene rings is 1. The smallest absolute Gasteiger partial charge is 0.0743 e. The van der Waals surface area contributed by atoms with Crippen LogP contribution in [0.1, 0.15) is 16.8 Å². The zero-order valence-electron chi connectivity index (χ0n) is 10.5. The fraction of sp³-hybridized carbons (Fsp3) is 0.133. The number of pyridine rings is 1. The summed E-state index contributed by atoms with van der Waals surface area (Å²) in [6.07, 6.45) is 3.75. The van der Waals surface area contributed by atoms with Crippen molar-refractivity contribution in [1.29, 1.82) is 0 Å². The standard InChI is InChI=1S/C15H12N4/c1-9-12(8-17-19-9)15-5-3-11-13-7-16-6-10(13)2-4-14(11)18-15/h2-6,8H,7H2,1H3,(H,17,19). The molecule has 0 saturated carbocycles. The molecule has 0 fully saturated rings. The van der Waals surface area contributed by atoms with Crippen LogP contribution in [-0.2, 0) is 6.54 Å². The van der Waals surface area contributed by atoms with Gasteiger partial charge in [-0.2, -0.15) is 5.10 Å². The molecule has 1 N–H and O–H groups in total. The molecule has 0 atom stereocenters. The predicted molar refractivity (Wildman–Crippen MR) is 75.4 cm³/mol. The number of nitrogens with one attached hydrogen (secondary N) is 1. The second-order valence-corrected chi connectivity index (χ2v) is 4.77. The molecule has 92 valence electrons. The maximum absolute atomic E-state index is 4.74. The number of aromatic amines is 1. The molecule has 1 aromatic carbocycles. The molecule has 19 heavy (non-hydrogen) atoms. The molecule has 0 unspecified atom stereocenters. The highest BCUT2D eigenvalue weighted by molar-refractivity contribution is 5.95. The third-order valence-electron chi connectivity index (χ3n) is 3.60. The summed E-state index contributed by atoms with van der Waals surface area (Å²) < 4.78 is 0. The van der Waals surface area contributed by atoms with E-state index in [1.807, 2.05) is 19.3 Å². The molecular weight excluding hydrogens is 236 g/mol. The van der Waals surface area contributed by atoms with Gasteiger partial charge < -0.3 is 0 Å². The molecule has 4 heteroatoms. The van der Waals surface area contributed by atoms with E-state index in [0.29, 0.717) is 0 Å². The Hall–Kier alpha value is -2.49. The normalized spacial score (nSPS) is 13.1. The average molecular weight is 248 g/mol. The molecule has 0 spiro atoms. The Kier molecular flexibility index (Phi) is 2.06. The van der Waals surface area contributed by atoms with E-state index >= 15 is 0 Å². The van der Waals surface area contributed by atoms with Crippen LogP contribution in [-0.4, -0.2) is 21.4 Å². The molecule has 3 aromatic rings. The number of rotatable bonds is 1. The van der Waals surface area contributed by atoms with Crippen LogP contribution < -0.4 is 0 Å². The summed E-state index contributed by atoms with van der Waals surface area (Å²) >= 11 is 0. The van der Waals surface area contributed by atoms with Gasteiger partial charge in [0.05, 0.1) is 24.0 Å². The lowest BCUT2D eigenvalue weighted by molar-refractivity contribution is 1.05. The molecular formula is C15H12N4. The van der Waals surface area contributed by atoms with Crippen molar-refractivity contribution in [2.24, 2.45) is 4.99 Å². The highest BCUT2D eigenvalue weighted by atomic mass is 15.1. The van der Waals surface area contributed by atoms with E-state index in [2.05, 4.69) is 39.5 Å². The first-order valence-electron chi connectivity index (χ1n) is 6.26. The zero-order valence-corrected chi connectivity index (χ0v) is 10.5. The molecule has 0 amide bonds. The first kappa shape index (κ1) is 10.4. The van der Waals surface area contributed by atoms with Gasteiger partial charge in [0.1, 0.15) is 0 Å². The molecule has 0 aliphatic carbocycles. The van der Waals surface area contributed by atoms with Gasteiger partial charge >= 0.3 is 0 Å². The van der Waals surface area contributed by atoms with Crippen LogP contribution in [0.15, 0.2) is 35.5 Å². The Morgan fingerprint density at radius 3 is 2.95 bits per heavy atom. The first-order chi connectivity index (χ1) is 9.33. The Morgan fingerprint density at radius 1 is 1.16 bits per heavy atom. The molecule has 3 heterocycles. The molecule has 2 aromatic heterocycles. The van der Waals surface area contributed by atoms with E-state index in [4.69, 9.17) is 4.98 Å². The predicted octanol–water partition coefficient (Wildman–Crippen LogP) is 2.87. The quantitative estimate of drug-likeness (QED) is 0.720. The fourth-order valence-electron chi connectivity index (χ4n) is 2.57. The zero-order chi connectivity index (χ0) is 12.8. The lowest BCUT2D eigenvalue weighted by atomic mass is 10.0. The van der Waals surface area contributed by atoms with Gasteiger partial charge in [0.2, 0.25) is 0 Å². The number of aromatic nitrogens is 3. The Labute approximate surface area is 110 Å². The average Bonchev–Trinajstić information content (AvgIpc) is 3.06. The monoisotopic (exact) mass is 248 g/mol. The van der Waals surface area contributed by atoms with Crippen LogP contribution >= 0.6 is 0 Å². The van der Waals surface area contributed by atoms with E-state index in [1.165, 1.54) is 16.5 Å². The van der Waals surface area contributed by atoms with Crippen molar-refractivity contribution >= 4 is 17.1 Å². The van der Waals surface area contributed by atoms with Gasteiger partial charge in [0, 0.05) is 22.9 Å². The van der Waals surface area contributed by atoms with Gasteiger partial charge in [-0.3, -0.25) is 10.1 Å². The highest BCUT2D eigenvalue weighted by Gasteiger charge is 2.12. The summed E-state index contributed by atoms with van der Waals surface area (Å²) in [6, 6.07) is 8.34. The largest absolute Gasteiger partial charge is 0.288 e. The van der Waals surface area contributed by atoms with Crippen molar-refractivity contribution in [3.63, 3.8) is 0 Å². The first-order valence-corrected chi connectivity index (χ1v) is 6.26. The fourth-order valence-corrected chi connectivity index (χ4v) is 2.57. The SMILES string of the molecule is Cc1[nH]ncc1-c1ccc2c3c(ccc2n1)C=NC3. The summed E-state index contributed by atoms with van der Waals surface area (Å²) in [7, 11) is 0. The molecule has 4 rings (SSSR count). The van der Waals surface area contributed by atoms with Crippen molar-refractivity contribution < 1.29 is 0 Å². The molecule has 0 radical (unpaired) electrons. The molecule has 1 aliphatic heterocycles. The Morgan fingerprint density at radius 2 is 2.11 bits per heavy atom. The van der Waals surface area contributed by atoms with Crippen LogP contribution in [0, 0.1) is 6.92 Å². The Bertz CT molecular complexity index is 814. The minimum atomic E-state index is 0.762.